The number of hydrogen-bond acceptors (Lipinski definition) is 5. The molecule has 0 saturated heterocycles. The summed E-state index contributed by atoms with van der Waals surface area (Å²) in [6.07, 6.45) is 2.88. The Hall–Kier alpha value is -4.31. The lowest BCUT2D eigenvalue weighted by atomic mass is 10.1. The van der Waals surface area contributed by atoms with E-state index < -0.39 is 5.97 Å². The maximum absolute atomic E-state index is 11.5. The first kappa shape index (κ1) is 19.0. The lowest BCUT2D eigenvalue weighted by Crippen LogP contribution is -2.05. The van der Waals surface area contributed by atoms with E-state index in [2.05, 4.69) is 16.5 Å². The number of rotatable bonds is 6. The number of nitrogens with one attached hydrogen (secondary N) is 1. The summed E-state index contributed by atoms with van der Waals surface area (Å²) in [4.78, 5) is 11.5. The van der Waals surface area contributed by atoms with E-state index in [1.165, 1.54) is 16.9 Å². The van der Waals surface area contributed by atoms with Crippen molar-refractivity contribution in [1.82, 2.24) is 9.61 Å². The molecule has 0 amide bonds. The van der Waals surface area contributed by atoms with Gasteiger partial charge in [-0.2, -0.15) is 10.4 Å². The molecule has 30 heavy (non-hydrogen) atoms. The summed E-state index contributed by atoms with van der Waals surface area (Å²) in [5.74, 6) is 0.457. The van der Waals surface area contributed by atoms with Crippen LogP contribution in [0.3, 0.4) is 0 Å². The highest BCUT2D eigenvalue weighted by molar-refractivity contribution is 5.95. The van der Waals surface area contributed by atoms with Gasteiger partial charge >= 0.3 is 5.97 Å². The molecule has 0 aliphatic carbocycles. The summed E-state index contributed by atoms with van der Waals surface area (Å²) < 4.78 is 7.29. The van der Waals surface area contributed by atoms with Crippen molar-refractivity contribution in [2.75, 3.05) is 5.32 Å². The van der Waals surface area contributed by atoms with Crippen LogP contribution in [0.15, 0.2) is 67.0 Å². The molecule has 0 spiro atoms. The lowest BCUT2D eigenvalue weighted by molar-refractivity contribution is 0.0696. The number of aromatic carboxylic acids is 1. The van der Waals surface area contributed by atoms with Crippen LogP contribution in [-0.4, -0.2) is 20.7 Å². The third-order valence-corrected chi connectivity index (χ3v) is 4.78. The average Bonchev–Trinajstić information content (AvgIpc) is 3.11. The average molecular weight is 398 g/mol. The van der Waals surface area contributed by atoms with E-state index in [1.807, 2.05) is 54.6 Å². The normalized spacial score (nSPS) is 10.5. The molecule has 4 rings (SSSR count). The van der Waals surface area contributed by atoms with Gasteiger partial charge in [0.2, 0.25) is 0 Å². The molecule has 0 radical (unpaired) electrons. The van der Waals surface area contributed by atoms with Gasteiger partial charge in [0.1, 0.15) is 17.6 Å². The fourth-order valence-electron chi connectivity index (χ4n) is 3.26. The van der Waals surface area contributed by atoms with Gasteiger partial charge in [-0.15, -0.1) is 0 Å². The second-order valence-corrected chi connectivity index (χ2v) is 6.72. The van der Waals surface area contributed by atoms with Crippen LogP contribution in [0.1, 0.15) is 27.0 Å². The van der Waals surface area contributed by atoms with Gasteiger partial charge in [-0.3, -0.25) is 0 Å². The predicted octanol–water partition coefficient (Wildman–Crippen LogP) is 4.62. The molecule has 0 aliphatic heterocycles. The minimum absolute atomic E-state index is 0.156. The number of fused-ring (bicyclic) bond motifs is 1. The van der Waals surface area contributed by atoms with Crippen LogP contribution in [0.25, 0.3) is 5.52 Å². The maximum atomic E-state index is 11.5. The minimum Gasteiger partial charge on any atom is -0.478 e. The number of para-hydroxylation sites is 1. The fourth-order valence-corrected chi connectivity index (χ4v) is 3.26. The van der Waals surface area contributed by atoms with Crippen molar-refractivity contribution in [3.8, 4) is 17.6 Å². The third kappa shape index (κ3) is 3.66. The molecule has 2 aromatic carbocycles. The Labute approximate surface area is 172 Å². The largest absolute Gasteiger partial charge is 0.478 e. The van der Waals surface area contributed by atoms with E-state index >= 15 is 0 Å². The number of aryl methyl sites for hydroxylation is 1. The number of anilines is 1. The number of hydrogen-bond donors (Lipinski definition) is 2. The number of ether oxygens (including phenoxy) is 1. The molecule has 0 fully saturated rings. The summed E-state index contributed by atoms with van der Waals surface area (Å²) in [5.41, 5.74) is 3.18. The minimum atomic E-state index is -1.03. The molecule has 7 nitrogen and oxygen atoms in total. The summed E-state index contributed by atoms with van der Waals surface area (Å²) >= 11 is 0. The Morgan fingerprint density at radius 1 is 1.17 bits per heavy atom. The van der Waals surface area contributed by atoms with Gasteiger partial charge in [0.25, 0.3) is 0 Å². The number of aromatic nitrogens is 2. The molecule has 2 N–H and O–H groups in total. The van der Waals surface area contributed by atoms with E-state index in [-0.39, 0.29) is 5.56 Å². The second-order valence-electron chi connectivity index (χ2n) is 6.72. The molecule has 0 atom stereocenters. The first-order valence-electron chi connectivity index (χ1n) is 9.27. The Bertz CT molecular complexity index is 1260. The zero-order valence-electron chi connectivity index (χ0n) is 16.2. The quantitative estimate of drug-likeness (QED) is 0.492. The SMILES string of the molecule is Cc1c(C(=O)O)cn2ncc(C#N)c(NCc3ccc(Oc4ccccc4)cc3)c12. The third-order valence-electron chi connectivity index (χ3n) is 4.78. The Balaban J connectivity index is 1.57. The van der Waals surface area contributed by atoms with Gasteiger partial charge in [0.05, 0.1) is 28.5 Å². The molecular formula is C23H18N4O3. The Morgan fingerprint density at radius 3 is 2.53 bits per heavy atom. The number of carboxylic acid groups (broad SMARTS) is 1. The number of nitrogens with zero attached hydrogens (tertiary/aromatic N) is 3. The van der Waals surface area contributed by atoms with Crippen molar-refractivity contribution in [3.05, 3.63) is 89.2 Å². The highest BCUT2D eigenvalue weighted by atomic mass is 16.5. The van der Waals surface area contributed by atoms with Gasteiger partial charge in [-0.05, 0) is 42.3 Å². The van der Waals surface area contributed by atoms with Crippen LogP contribution >= 0.6 is 0 Å². The zero-order valence-corrected chi connectivity index (χ0v) is 16.2. The van der Waals surface area contributed by atoms with Crippen molar-refractivity contribution in [2.24, 2.45) is 0 Å². The van der Waals surface area contributed by atoms with Crippen LogP contribution in [-0.2, 0) is 6.54 Å². The Kier molecular flexibility index (Phi) is 5.06. The molecule has 7 heteroatoms. The van der Waals surface area contributed by atoms with Crippen molar-refractivity contribution < 1.29 is 14.6 Å². The molecule has 148 valence electrons. The van der Waals surface area contributed by atoms with E-state index in [1.54, 1.807) is 6.92 Å². The van der Waals surface area contributed by atoms with Crippen molar-refractivity contribution in [1.29, 1.82) is 5.26 Å². The number of carbonyl (C=O) groups is 1. The van der Waals surface area contributed by atoms with E-state index in [9.17, 15) is 15.2 Å². The Morgan fingerprint density at radius 2 is 1.87 bits per heavy atom. The van der Waals surface area contributed by atoms with Crippen molar-refractivity contribution >= 4 is 17.2 Å². The molecule has 0 bridgehead atoms. The molecule has 2 heterocycles. The monoisotopic (exact) mass is 398 g/mol. The molecule has 0 saturated carbocycles. The van der Waals surface area contributed by atoms with Crippen LogP contribution < -0.4 is 10.1 Å². The molecule has 0 unspecified atom stereocenters. The van der Waals surface area contributed by atoms with Crippen LogP contribution in [0.2, 0.25) is 0 Å². The number of carboxylic acids is 1. The second kappa shape index (κ2) is 7.97. The van der Waals surface area contributed by atoms with Gasteiger partial charge in [0, 0.05) is 12.7 Å². The van der Waals surface area contributed by atoms with Gasteiger partial charge < -0.3 is 15.2 Å². The first-order chi connectivity index (χ1) is 14.6. The highest BCUT2D eigenvalue weighted by Crippen LogP contribution is 2.28. The van der Waals surface area contributed by atoms with Crippen molar-refractivity contribution in [2.45, 2.75) is 13.5 Å². The molecular weight excluding hydrogens is 380 g/mol. The van der Waals surface area contributed by atoms with Crippen LogP contribution in [0.5, 0.6) is 11.5 Å². The van der Waals surface area contributed by atoms with Gasteiger partial charge in [0.15, 0.2) is 0 Å². The number of benzene rings is 2. The van der Waals surface area contributed by atoms with E-state index in [4.69, 9.17) is 4.74 Å². The predicted molar refractivity (Wildman–Crippen MR) is 112 cm³/mol. The topological polar surface area (TPSA) is 99.6 Å². The van der Waals surface area contributed by atoms with Crippen LogP contribution in [0, 0.1) is 18.3 Å². The highest BCUT2D eigenvalue weighted by Gasteiger charge is 2.18. The summed E-state index contributed by atoms with van der Waals surface area (Å²) in [6.45, 7) is 2.16. The molecule has 2 aromatic heterocycles. The summed E-state index contributed by atoms with van der Waals surface area (Å²) in [6, 6.07) is 19.3. The number of nitriles is 1. The van der Waals surface area contributed by atoms with Gasteiger partial charge in [-0.1, -0.05) is 30.3 Å². The van der Waals surface area contributed by atoms with Gasteiger partial charge in [-0.25, -0.2) is 9.31 Å². The van der Waals surface area contributed by atoms with Crippen molar-refractivity contribution in [3.63, 3.8) is 0 Å². The van der Waals surface area contributed by atoms with Crippen LogP contribution in [0.4, 0.5) is 5.69 Å². The smallest absolute Gasteiger partial charge is 0.337 e. The standard InChI is InChI=1S/C23H18N4O3/c1-15-20(23(28)29)14-27-22(15)21(17(11-24)13-26-27)25-12-16-7-9-19(10-8-16)30-18-5-3-2-4-6-18/h2-10,13-14,25H,12H2,1H3,(H,28,29). The fraction of sp³-hybridized carbons (Fsp3) is 0.0870. The van der Waals surface area contributed by atoms with E-state index in [0.717, 1.165) is 17.1 Å². The lowest BCUT2D eigenvalue weighted by Gasteiger charge is -2.12. The molecule has 0 aliphatic rings. The molecule has 4 aromatic rings. The summed E-state index contributed by atoms with van der Waals surface area (Å²) in [5, 5.41) is 26.3. The zero-order chi connectivity index (χ0) is 21.1. The maximum Gasteiger partial charge on any atom is 0.337 e. The first-order valence-corrected chi connectivity index (χ1v) is 9.27. The van der Waals surface area contributed by atoms with E-state index in [0.29, 0.717) is 28.9 Å². The summed E-state index contributed by atoms with van der Waals surface area (Å²) in [7, 11) is 0.